The van der Waals surface area contributed by atoms with Gasteiger partial charge < -0.3 is 9.53 Å². The molecule has 0 unspecified atom stereocenters. The molecule has 1 aromatic rings. The molecule has 1 rings (SSSR count). The summed E-state index contributed by atoms with van der Waals surface area (Å²) in [5, 5.41) is 10.7. The van der Waals surface area contributed by atoms with E-state index in [-0.39, 0.29) is 5.92 Å². The molecule has 3 heteroatoms. The number of aryl methyl sites for hydroxylation is 1. The first-order valence-electron chi connectivity index (χ1n) is 8.98. The summed E-state index contributed by atoms with van der Waals surface area (Å²) < 4.78 is 6.87. The van der Waals surface area contributed by atoms with E-state index in [4.69, 9.17) is 4.43 Å². The Labute approximate surface area is 144 Å². The van der Waals surface area contributed by atoms with Gasteiger partial charge in [0.25, 0.3) is 8.32 Å². The molecule has 0 spiro atoms. The van der Waals surface area contributed by atoms with Crippen LogP contribution in [-0.2, 0) is 0 Å². The summed E-state index contributed by atoms with van der Waals surface area (Å²) in [5.41, 5.74) is 4.59. The van der Waals surface area contributed by atoms with Crippen LogP contribution in [0.5, 0.6) is 11.5 Å². The highest BCUT2D eigenvalue weighted by Crippen LogP contribution is 2.46. The van der Waals surface area contributed by atoms with Crippen LogP contribution in [0.15, 0.2) is 6.07 Å². The number of rotatable bonds is 6. The summed E-state index contributed by atoms with van der Waals surface area (Å²) in [6.45, 7) is 22.0. The van der Waals surface area contributed by atoms with Gasteiger partial charge in [0.1, 0.15) is 11.5 Å². The minimum atomic E-state index is -2.02. The smallest absolute Gasteiger partial charge is 0.258 e. The number of benzene rings is 1. The van der Waals surface area contributed by atoms with Crippen LogP contribution in [0.25, 0.3) is 0 Å². The van der Waals surface area contributed by atoms with Crippen molar-refractivity contribution in [1.29, 1.82) is 0 Å². The summed E-state index contributed by atoms with van der Waals surface area (Å²) in [5.74, 6) is 1.56. The Bertz CT molecular complexity index is 523. The molecule has 0 amide bonds. The van der Waals surface area contributed by atoms with Gasteiger partial charge in [0, 0.05) is 5.56 Å². The molecule has 23 heavy (non-hydrogen) atoms. The van der Waals surface area contributed by atoms with Gasteiger partial charge in [-0.15, -0.1) is 0 Å². The fourth-order valence-corrected chi connectivity index (χ4v) is 9.33. The molecule has 2 nitrogen and oxygen atoms in total. The Morgan fingerprint density at radius 3 is 1.65 bits per heavy atom. The monoisotopic (exact) mass is 336 g/mol. The quantitative estimate of drug-likeness (QED) is 0.587. The highest BCUT2D eigenvalue weighted by Gasteiger charge is 2.47. The van der Waals surface area contributed by atoms with E-state index in [9.17, 15) is 5.11 Å². The van der Waals surface area contributed by atoms with Gasteiger partial charge in [-0.3, -0.25) is 0 Å². The highest BCUT2D eigenvalue weighted by atomic mass is 28.4. The predicted molar refractivity (Wildman–Crippen MR) is 103 cm³/mol. The summed E-state index contributed by atoms with van der Waals surface area (Å²) in [6, 6.07) is 2.14. The molecule has 0 saturated heterocycles. The second kappa shape index (κ2) is 7.29. The van der Waals surface area contributed by atoms with Crippen LogP contribution in [0.4, 0.5) is 0 Å². The second-order valence-corrected chi connectivity index (χ2v) is 13.5. The summed E-state index contributed by atoms with van der Waals surface area (Å²) in [6.07, 6.45) is 0. The Balaban J connectivity index is 3.57. The fraction of sp³-hybridized carbons (Fsp3) is 0.700. The van der Waals surface area contributed by atoms with Gasteiger partial charge >= 0.3 is 0 Å². The lowest BCUT2D eigenvalue weighted by molar-refractivity contribution is 0.437. The Kier molecular flexibility index (Phi) is 6.37. The van der Waals surface area contributed by atoms with Crippen LogP contribution in [0.3, 0.4) is 0 Å². The number of hydrogen-bond donors (Lipinski definition) is 1. The van der Waals surface area contributed by atoms with Crippen molar-refractivity contribution in [2.75, 3.05) is 0 Å². The Hall–Kier alpha value is -0.963. The first-order valence-corrected chi connectivity index (χ1v) is 11.1. The molecule has 0 aliphatic rings. The summed E-state index contributed by atoms with van der Waals surface area (Å²) >= 11 is 0. The van der Waals surface area contributed by atoms with Gasteiger partial charge in [0.2, 0.25) is 0 Å². The van der Waals surface area contributed by atoms with Crippen molar-refractivity contribution in [3.05, 3.63) is 22.8 Å². The van der Waals surface area contributed by atoms with E-state index < -0.39 is 8.32 Å². The van der Waals surface area contributed by atoms with Crippen LogP contribution in [0.2, 0.25) is 16.6 Å². The van der Waals surface area contributed by atoms with Gasteiger partial charge in [-0.2, -0.15) is 0 Å². The zero-order valence-corrected chi connectivity index (χ0v) is 17.7. The topological polar surface area (TPSA) is 29.5 Å². The second-order valence-electron chi connectivity index (χ2n) is 8.15. The molecule has 0 heterocycles. The average molecular weight is 337 g/mol. The minimum absolute atomic E-state index is 0.238. The first-order chi connectivity index (χ1) is 10.5. The van der Waals surface area contributed by atoms with Gasteiger partial charge in [-0.25, -0.2) is 0 Å². The molecule has 1 aromatic carbocycles. The third-order valence-electron chi connectivity index (χ3n) is 5.39. The van der Waals surface area contributed by atoms with Crippen molar-refractivity contribution >= 4 is 8.32 Å². The highest BCUT2D eigenvalue weighted by molar-refractivity contribution is 6.78. The number of aromatic hydroxyl groups is 1. The SMILES string of the molecule is Cc1cc(O[Si](C(C)C)(C(C)C)C(C)C)c(C(C)C)c(O)c1C. The summed E-state index contributed by atoms with van der Waals surface area (Å²) in [7, 11) is -2.02. The average Bonchev–Trinajstić information content (AvgIpc) is 2.40. The van der Waals surface area contributed by atoms with Crippen LogP contribution in [0.1, 0.15) is 78.0 Å². The van der Waals surface area contributed by atoms with E-state index in [2.05, 4.69) is 68.4 Å². The first kappa shape index (κ1) is 20.1. The molecular weight excluding hydrogens is 300 g/mol. The summed E-state index contributed by atoms with van der Waals surface area (Å²) in [4.78, 5) is 0. The Morgan fingerprint density at radius 2 is 1.30 bits per heavy atom. The van der Waals surface area contributed by atoms with Crippen molar-refractivity contribution in [2.24, 2.45) is 0 Å². The van der Waals surface area contributed by atoms with Crippen molar-refractivity contribution in [3.63, 3.8) is 0 Å². The maximum atomic E-state index is 10.7. The molecule has 132 valence electrons. The van der Waals surface area contributed by atoms with Crippen molar-refractivity contribution in [2.45, 2.75) is 91.8 Å². The van der Waals surface area contributed by atoms with Gasteiger partial charge in [-0.05, 0) is 53.6 Å². The maximum absolute atomic E-state index is 10.7. The normalized spacial score (nSPS) is 12.8. The van der Waals surface area contributed by atoms with E-state index >= 15 is 0 Å². The van der Waals surface area contributed by atoms with Crippen LogP contribution in [-0.4, -0.2) is 13.4 Å². The van der Waals surface area contributed by atoms with Crippen LogP contribution < -0.4 is 4.43 Å². The van der Waals surface area contributed by atoms with Gasteiger partial charge in [-0.1, -0.05) is 55.4 Å². The van der Waals surface area contributed by atoms with Crippen molar-refractivity contribution in [1.82, 2.24) is 0 Å². The largest absolute Gasteiger partial charge is 0.542 e. The number of phenolic OH excluding ortho intramolecular Hbond substituents is 1. The molecule has 0 atom stereocenters. The molecule has 0 aliphatic carbocycles. The van der Waals surface area contributed by atoms with E-state index in [1.807, 2.05) is 6.92 Å². The zero-order chi connectivity index (χ0) is 18.1. The minimum Gasteiger partial charge on any atom is -0.542 e. The lowest BCUT2D eigenvalue weighted by Gasteiger charge is -2.43. The fourth-order valence-electron chi connectivity index (χ4n) is 4.07. The van der Waals surface area contributed by atoms with Gasteiger partial charge in [0.15, 0.2) is 0 Å². The maximum Gasteiger partial charge on any atom is 0.258 e. The predicted octanol–water partition coefficient (Wildman–Crippen LogP) is 6.69. The Morgan fingerprint density at radius 1 is 0.870 bits per heavy atom. The lowest BCUT2D eigenvalue weighted by atomic mass is 9.95. The van der Waals surface area contributed by atoms with Crippen LogP contribution >= 0.6 is 0 Å². The zero-order valence-electron chi connectivity index (χ0n) is 16.7. The molecule has 0 saturated carbocycles. The lowest BCUT2D eigenvalue weighted by Crippen LogP contribution is -2.50. The standard InChI is InChI=1S/C20H36O2Si/c1-12(2)19-18(11-16(9)17(10)20(19)21)22-23(13(3)4,14(5)6)15(7)8/h11-15,21H,1-10H3. The number of hydrogen-bond acceptors (Lipinski definition) is 2. The van der Waals surface area contributed by atoms with Gasteiger partial charge in [0.05, 0.1) is 0 Å². The van der Waals surface area contributed by atoms with Crippen molar-refractivity contribution in [3.8, 4) is 11.5 Å². The van der Waals surface area contributed by atoms with Crippen LogP contribution in [0, 0.1) is 13.8 Å². The molecular formula is C20H36O2Si. The molecule has 0 aliphatic heterocycles. The van der Waals surface area contributed by atoms with E-state index in [1.165, 1.54) is 0 Å². The molecule has 1 N–H and O–H groups in total. The van der Waals surface area contributed by atoms with E-state index in [0.717, 1.165) is 22.4 Å². The molecule has 0 fully saturated rings. The van der Waals surface area contributed by atoms with E-state index in [1.54, 1.807) is 0 Å². The van der Waals surface area contributed by atoms with E-state index in [0.29, 0.717) is 22.4 Å². The molecule has 0 radical (unpaired) electrons. The number of phenols is 1. The molecule has 0 bridgehead atoms. The third-order valence-corrected chi connectivity index (χ3v) is 11.4. The third kappa shape index (κ3) is 3.60. The molecule has 0 aromatic heterocycles. The van der Waals surface area contributed by atoms with Crippen molar-refractivity contribution < 1.29 is 9.53 Å².